The van der Waals surface area contributed by atoms with Gasteiger partial charge in [0.2, 0.25) is 5.91 Å². The van der Waals surface area contributed by atoms with Crippen LogP contribution in [0, 0.1) is 5.92 Å². The normalized spacial score (nSPS) is 15.5. The largest absolute Gasteiger partial charge is 0.311 e. The molecule has 5 nitrogen and oxygen atoms in total. The van der Waals surface area contributed by atoms with E-state index in [-0.39, 0.29) is 12.8 Å². The molecule has 0 heterocycles. The van der Waals surface area contributed by atoms with Gasteiger partial charge >= 0.3 is 0 Å². The molecule has 0 aliphatic carbocycles. The Balaban J connectivity index is 4.47. The van der Waals surface area contributed by atoms with Gasteiger partial charge in [0.05, 0.1) is 12.0 Å². The lowest BCUT2D eigenvalue weighted by molar-refractivity contribution is -0.135. The molecule has 1 amide bonds. The number of likely N-dealkylation sites (N-methyl/N-ethyl adjacent to an activating group) is 1. The first kappa shape index (κ1) is 11.1. The quantitative estimate of drug-likeness (QED) is 0.236. The summed E-state index contributed by atoms with van der Waals surface area (Å²) in [6.45, 7) is 3.54. The van der Waals surface area contributed by atoms with Gasteiger partial charge in [-0.05, 0) is 20.4 Å². The van der Waals surface area contributed by atoms with Crippen LogP contribution in [0.3, 0.4) is 0 Å². The molecular weight excluding hydrogens is 182 g/mol. The van der Waals surface area contributed by atoms with Crippen molar-refractivity contribution in [2.24, 2.45) is 11.8 Å². The van der Waals surface area contributed by atoms with Gasteiger partial charge in [-0.15, -0.1) is 0 Å². The van der Waals surface area contributed by atoms with Crippen LogP contribution < -0.4 is 16.6 Å². The van der Waals surface area contributed by atoms with Crippen molar-refractivity contribution < 1.29 is 11.0 Å². The molecule has 14 heavy (non-hydrogen) atoms. The Kier molecular flexibility index (Phi) is 5.17. The van der Waals surface area contributed by atoms with Crippen molar-refractivity contribution in [1.29, 1.82) is 0 Å². The highest BCUT2D eigenvalue weighted by atomic mass is 16.2. The Labute approximate surface area is 85.8 Å². The molecule has 0 rings (SSSR count). The van der Waals surface area contributed by atoms with E-state index in [4.69, 9.17) is 7.21 Å². The third kappa shape index (κ3) is 3.43. The van der Waals surface area contributed by atoms with Crippen LogP contribution in [0.5, 0.6) is 0 Å². The lowest BCUT2D eigenvalue weighted by Crippen LogP contribution is -2.45. The molecule has 4 N–H and O–H groups in total. The zero-order chi connectivity index (χ0) is 11.8. The summed E-state index contributed by atoms with van der Waals surface area (Å²) in [5.74, 6) is 3.62. The number of carbonyl (C=O) groups is 2. The zero-order valence-corrected chi connectivity index (χ0v) is 8.67. The number of rotatable bonds is 6. The minimum atomic E-state index is -0.714. The van der Waals surface area contributed by atoms with Gasteiger partial charge in [0.15, 0.2) is 5.78 Å². The molecule has 82 valence electrons. The van der Waals surface area contributed by atoms with E-state index < -0.39 is 17.9 Å². The summed E-state index contributed by atoms with van der Waals surface area (Å²) in [5.41, 5.74) is 1.99. The number of ketones is 1. The molecule has 0 saturated carbocycles. The predicted octanol–water partition coefficient (Wildman–Crippen LogP) is -0.430. The Morgan fingerprint density at radius 3 is 2.64 bits per heavy atom. The van der Waals surface area contributed by atoms with E-state index in [9.17, 15) is 9.59 Å². The molecule has 0 radical (unpaired) electrons. The van der Waals surface area contributed by atoms with E-state index in [1.165, 1.54) is 0 Å². The maximum atomic E-state index is 11.8. The molecule has 0 aromatic carbocycles. The molecule has 0 fully saturated rings. The number of hydrogen-bond acceptors (Lipinski definition) is 4. The minimum absolute atomic E-state index is 0.0456. The number of nitrogens with one attached hydrogen (secondary N) is 2. The van der Waals surface area contributed by atoms with Crippen LogP contribution in [0.2, 0.25) is 0 Å². The van der Waals surface area contributed by atoms with E-state index in [0.29, 0.717) is 6.42 Å². The Morgan fingerprint density at radius 2 is 2.21 bits per heavy atom. The highest BCUT2D eigenvalue weighted by Crippen LogP contribution is 2.10. The average molecular weight is 202 g/mol. The smallest absolute Gasteiger partial charge is 0.244 e. The summed E-state index contributed by atoms with van der Waals surface area (Å²) in [6, 6.07) is -0.489. The van der Waals surface area contributed by atoms with Crippen LogP contribution >= 0.6 is 0 Å². The molecule has 1 unspecified atom stereocenters. The standard InChI is InChI=1S/C9H19N3O2/c1-4-5-7(9(14)12-10)8(13)6(2)11-3/h6-7,11H,4-5,10H2,1-3H3,(H,12,14)/t6-,7?/m0/s1/i3D. The number of hydrogen-bond donors (Lipinski definition) is 3. The van der Waals surface area contributed by atoms with Gasteiger partial charge in [0.25, 0.3) is 0 Å². The van der Waals surface area contributed by atoms with E-state index in [1.807, 2.05) is 12.3 Å². The lowest BCUT2D eigenvalue weighted by atomic mass is 9.94. The summed E-state index contributed by atoms with van der Waals surface area (Å²) >= 11 is 0. The Hall–Kier alpha value is -0.940. The molecule has 2 atom stereocenters. The van der Waals surface area contributed by atoms with Crippen molar-refractivity contribution in [3.63, 3.8) is 0 Å². The summed E-state index contributed by atoms with van der Waals surface area (Å²) in [5, 5.41) is 2.66. The van der Waals surface area contributed by atoms with Crippen LogP contribution in [0.15, 0.2) is 0 Å². The molecule has 0 saturated heterocycles. The van der Waals surface area contributed by atoms with Crippen LogP contribution in [0.1, 0.15) is 28.1 Å². The summed E-state index contributed by atoms with van der Waals surface area (Å²) < 4.78 is 6.93. The van der Waals surface area contributed by atoms with Gasteiger partial charge in [-0.3, -0.25) is 15.0 Å². The number of Topliss-reactive ketones (excluding diaryl/α,β-unsaturated/α-hetero) is 1. The molecule has 0 spiro atoms. The summed E-state index contributed by atoms with van der Waals surface area (Å²) in [6.07, 6.45) is 1.21. The number of amides is 1. The van der Waals surface area contributed by atoms with E-state index in [0.717, 1.165) is 6.42 Å². The van der Waals surface area contributed by atoms with Crippen molar-refractivity contribution in [2.75, 3.05) is 7.02 Å². The lowest BCUT2D eigenvalue weighted by Gasteiger charge is -2.17. The SMILES string of the molecule is [2H]CN[C@@H](C)C(=O)C(CCC)C(=O)NN. The molecule has 0 aromatic rings. The fourth-order valence-electron chi connectivity index (χ4n) is 1.19. The number of carbonyl (C=O) groups excluding carboxylic acids is 2. The van der Waals surface area contributed by atoms with Crippen molar-refractivity contribution >= 4 is 11.7 Å². The third-order valence-electron chi connectivity index (χ3n) is 2.11. The van der Waals surface area contributed by atoms with Crippen molar-refractivity contribution in [3.05, 3.63) is 0 Å². The fourth-order valence-corrected chi connectivity index (χ4v) is 1.19. The second-order valence-corrected chi connectivity index (χ2v) is 3.18. The second-order valence-electron chi connectivity index (χ2n) is 3.18. The highest BCUT2D eigenvalue weighted by molar-refractivity contribution is 6.03. The van der Waals surface area contributed by atoms with Crippen LogP contribution in [-0.4, -0.2) is 24.8 Å². The van der Waals surface area contributed by atoms with Crippen molar-refractivity contribution in [2.45, 2.75) is 32.7 Å². The molecule has 5 heteroatoms. The topological polar surface area (TPSA) is 84.2 Å². The molecule has 0 aromatic heterocycles. The van der Waals surface area contributed by atoms with Gasteiger partial charge in [0.1, 0.15) is 0 Å². The van der Waals surface area contributed by atoms with Gasteiger partial charge < -0.3 is 5.32 Å². The summed E-state index contributed by atoms with van der Waals surface area (Å²) in [4.78, 5) is 23.1. The van der Waals surface area contributed by atoms with Crippen molar-refractivity contribution in [3.8, 4) is 0 Å². The van der Waals surface area contributed by atoms with Crippen LogP contribution in [-0.2, 0) is 9.59 Å². The fraction of sp³-hybridized carbons (Fsp3) is 0.778. The maximum absolute atomic E-state index is 11.8. The molecular formula is C9H19N3O2. The van der Waals surface area contributed by atoms with Crippen LogP contribution in [0.25, 0.3) is 0 Å². The van der Waals surface area contributed by atoms with Crippen molar-refractivity contribution in [1.82, 2.24) is 10.7 Å². The zero-order valence-electron chi connectivity index (χ0n) is 9.67. The minimum Gasteiger partial charge on any atom is -0.311 e. The van der Waals surface area contributed by atoms with Gasteiger partial charge in [-0.25, -0.2) is 5.84 Å². The summed E-state index contributed by atoms with van der Waals surface area (Å²) in [7, 11) is -0.0456. The maximum Gasteiger partial charge on any atom is 0.244 e. The van der Waals surface area contributed by atoms with Gasteiger partial charge in [-0.1, -0.05) is 13.3 Å². The Bertz CT molecular complexity index is 223. The number of hydrazine groups is 1. The predicted molar refractivity (Wildman–Crippen MR) is 54.3 cm³/mol. The third-order valence-corrected chi connectivity index (χ3v) is 2.11. The molecule has 0 aliphatic heterocycles. The van der Waals surface area contributed by atoms with Crippen LogP contribution in [0.4, 0.5) is 0 Å². The Morgan fingerprint density at radius 1 is 1.57 bits per heavy atom. The molecule has 0 aliphatic rings. The average Bonchev–Trinajstić information content (AvgIpc) is 2.24. The highest BCUT2D eigenvalue weighted by Gasteiger charge is 2.27. The number of nitrogens with two attached hydrogens (primary N) is 1. The first-order valence-corrected chi connectivity index (χ1v) is 4.65. The van der Waals surface area contributed by atoms with E-state index in [1.54, 1.807) is 6.92 Å². The molecule has 0 bridgehead atoms. The van der Waals surface area contributed by atoms with Gasteiger partial charge in [-0.2, -0.15) is 0 Å². The van der Waals surface area contributed by atoms with E-state index in [2.05, 4.69) is 5.32 Å². The van der Waals surface area contributed by atoms with E-state index >= 15 is 0 Å². The van der Waals surface area contributed by atoms with Gasteiger partial charge in [0, 0.05) is 1.37 Å². The first-order valence-electron chi connectivity index (χ1n) is 5.35. The monoisotopic (exact) mass is 202 g/mol. The second kappa shape index (κ2) is 6.50. The first-order chi connectivity index (χ1) is 7.08.